The van der Waals surface area contributed by atoms with Crippen LogP contribution in [0.25, 0.3) is 33.1 Å². The zero-order valence-electron chi connectivity index (χ0n) is 42.6. The molecule has 0 spiro atoms. The Morgan fingerprint density at radius 1 is 0.686 bits per heavy atom. The van der Waals surface area contributed by atoms with Gasteiger partial charge in [0.1, 0.15) is 0 Å². The molecule has 18 nitrogen and oxygen atoms in total. The third kappa shape index (κ3) is 10.8. The lowest BCUT2D eigenvalue weighted by atomic mass is 9.85. The molecule has 3 aliphatic heterocycles. The summed E-state index contributed by atoms with van der Waals surface area (Å²) in [5.41, 5.74) is 5.42. The second kappa shape index (κ2) is 19.9. The Morgan fingerprint density at radius 3 is 1.61 bits per heavy atom. The number of hydrogen-bond acceptors (Lipinski definition) is 12. The highest BCUT2D eigenvalue weighted by molar-refractivity contribution is 14.1. The number of amides is 2. The normalized spacial score (nSPS) is 17.9. The molecule has 3 aliphatic rings. The van der Waals surface area contributed by atoms with Crippen molar-refractivity contribution in [2.45, 2.75) is 131 Å². The van der Waals surface area contributed by atoms with Crippen LogP contribution in [0.3, 0.4) is 0 Å². The topological polar surface area (TPSA) is 221 Å². The summed E-state index contributed by atoms with van der Waals surface area (Å²) in [6.07, 6.45) is 0. The first-order valence-corrected chi connectivity index (χ1v) is 24.5. The van der Waals surface area contributed by atoms with Crippen LogP contribution in [0.1, 0.15) is 127 Å². The maximum atomic E-state index is 13.3. The number of H-pyrrole nitrogens is 2. The minimum absolute atomic E-state index is 0.0127. The van der Waals surface area contributed by atoms with Crippen molar-refractivity contribution in [3.05, 3.63) is 95.3 Å². The molecule has 1 fully saturated rings. The molecular formula is C50H66BIN10O8. The number of aromatic nitrogens is 6. The van der Waals surface area contributed by atoms with Crippen molar-refractivity contribution in [3.8, 4) is 11.3 Å². The van der Waals surface area contributed by atoms with Crippen molar-refractivity contribution in [1.29, 1.82) is 0 Å². The summed E-state index contributed by atoms with van der Waals surface area (Å²) < 4.78 is 26.5. The Labute approximate surface area is 422 Å². The van der Waals surface area contributed by atoms with Gasteiger partial charge in [-0.1, -0.05) is 18.2 Å². The largest absolute Gasteiger partial charge is 0.512 e. The molecule has 6 aromatic rings. The molecule has 2 amide bonds. The van der Waals surface area contributed by atoms with E-state index < -0.39 is 7.12 Å². The molecule has 0 unspecified atom stereocenters. The van der Waals surface area contributed by atoms with Crippen LogP contribution in [0, 0.1) is 3.57 Å². The summed E-state index contributed by atoms with van der Waals surface area (Å²) >= 11 is 2.21. The van der Waals surface area contributed by atoms with Gasteiger partial charge in [0.2, 0.25) is 11.9 Å². The molecule has 2 atom stereocenters. The summed E-state index contributed by atoms with van der Waals surface area (Å²) in [4.78, 5) is 66.1. The van der Waals surface area contributed by atoms with E-state index in [0.717, 1.165) is 37.3 Å². The number of hydrogen-bond donors (Lipinski definition) is 6. The average molecular weight is 1070 g/mol. The van der Waals surface area contributed by atoms with Crippen LogP contribution < -0.4 is 38.0 Å². The molecule has 9 rings (SSSR count). The van der Waals surface area contributed by atoms with Crippen LogP contribution in [0.15, 0.2) is 58.1 Å². The summed E-state index contributed by atoms with van der Waals surface area (Å²) in [6, 6.07) is 14.8. The van der Waals surface area contributed by atoms with Gasteiger partial charge >= 0.3 is 7.12 Å². The molecule has 374 valence electrons. The van der Waals surface area contributed by atoms with E-state index in [1.165, 1.54) is 0 Å². The lowest BCUT2D eigenvalue weighted by molar-refractivity contribution is 0.00578. The number of carbonyl (C=O) groups excluding carboxylic acids is 2. The number of carbonyl (C=O) groups is 2. The van der Waals surface area contributed by atoms with Crippen LogP contribution in [-0.4, -0.2) is 97.7 Å². The standard InChI is InChI=1S/C22H27N5O3.C15H20IN3O2.C13H19BN2O3/c1-12-17-15(19(28)23-12)11-16(24-17)13-7-6-8-14-18(13)25-21(26-22(2,3)4)27(20(14)29)9-10-30-5;1-15(2,3)18-14-17-12-10(6-5-7-11(12)16)13(20)19(14)8-9-21-4;1-7-10-8(11(17)15-7)6-9(16-10)14-18-12(2,3)13(4,5)19-14/h6-8,11-12,24H,9-10H2,1-5H3,(H,23,28)(H,25,26);5-7H,8-9H2,1-4H3,(H,17,18);6-7,16H,1-5H3,(H,15,17)/t12-;;7-/m1.1/s1. The van der Waals surface area contributed by atoms with Gasteiger partial charge in [-0.15, -0.1) is 0 Å². The van der Waals surface area contributed by atoms with Crippen molar-refractivity contribution in [2.24, 2.45) is 0 Å². The molecule has 6 N–H and O–H groups in total. The van der Waals surface area contributed by atoms with E-state index in [4.69, 9.17) is 23.8 Å². The molecule has 7 heterocycles. The number of aromatic amines is 2. The quantitative estimate of drug-likeness (QED) is 0.0602. The Bertz CT molecular complexity index is 3050. The number of benzene rings is 2. The minimum Gasteiger partial charge on any atom is -0.398 e. The van der Waals surface area contributed by atoms with Gasteiger partial charge in [-0.3, -0.25) is 28.3 Å². The van der Waals surface area contributed by atoms with Crippen LogP contribution in [0.2, 0.25) is 0 Å². The molecule has 20 heteroatoms. The first-order chi connectivity index (χ1) is 32.7. The summed E-state index contributed by atoms with van der Waals surface area (Å²) in [5.74, 6) is 0.947. The molecule has 0 bridgehead atoms. The van der Waals surface area contributed by atoms with Gasteiger partial charge in [-0.05, 0) is 136 Å². The number of halogens is 1. The number of rotatable bonds is 10. The number of fused-ring (bicyclic) bond motifs is 4. The molecule has 4 aromatic heterocycles. The number of nitrogens with one attached hydrogen (secondary N) is 6. The van der Waals surface area contributed by atoms with Crippen molar-refractivity contribution >= 4 is 80.8 Å². The molecule has 0 radical (unpaired) electrons. The van der Waals surface area contributed by atoms with E-state index >= 15 is 0 Å². The Balaban J connectivity index is 0.000000160. The number of para-hydroxylation sites is 2. The first kappa shape index (κ1) is 52.3. The van der Waals surface area contributed by atoms with Gasteiger partial charge in [0.15, 0.2) is 0 Å². The molecule has 2 aromatic carbocycles. The maximum Gasteiger partial charge on any atom is 0.512 e. The van der Waals surface area contributed by atoms with E-state index in [2.05, 4.69) is 58.8 Å². The minimum atomic E-state index is -0.449. The van der Waals surface area contributed by atoms with E-state index in [-0.39, 0.29) is 57.3 Å². The smallest absolute Gasteiger partial charge is 0.398 e. The molecule has 0 aliphatic carbocycles. The van der Waals surface area contributed by atoms with Crippen LogP contribution >= 0.6 is 22.6 Å². The van der Waals surface area contributed by atoms with Crippen LogP contribution in [0.4, 0.5) is 11.9 Å². The number of ether oxygens (including phenoxy) is 2. The van der Waals surface area contributed by atoms with E-state index in [0.29, 0.717) is 65.6 Å². The van der Waals surface area contributed by atoms with Gasteiger partial charge in [0, 0.05) is 51.4 Å². The van der Waals surface area contributed by atoms with Gasteiger partial charge in [-0.25, -0.2) is 9.97 Å². The van der Waals surface area contributed by atoms with Crippen molar-refractivity contribution in [2.75, 3.05) is 38.1 Å². The highest BCUT2D eigenvalue weighted by atomic mass is 127. The average Bonchev–Trinajstić information content (AvgIpc) is 4.06. The van der Waals surface area contributed by atoms with Crippen molar-refractivity contribution in [3.63, 3.8) is 0 Å². The van der Waals surface area contributed by atoms with E-state index in [1.54, 1.807) is 29.4 Å². The summed E-state index contributed by atoms with van der Waals surface area (Å²) in [7, 11) is 2.78. The molecule has 1 saturated heterocycles. The lowest BCUT2D eigenvalue weighted by Gasteiger charge is -2.32. The Hall–Kier alpha value is -5.55. The highest BCUT2D eigenvalue weighted by Gasteiger charge is 2.53. The fourth-order valence-electron chi connectivity index (χ4n) is 8.27. The van der Waals surface area contributed by atoms with E-state index in [1.807, 2.05) is 126 Å². The zero-order valence-corrected chi connectivity index (χ0v) is 44.8. The van der Waals surface area contributed by atoms with Gasteiger partial charge in [0.25, 0.3) is 22.9 Å². The predicted molar refractivity (Wildman–Crippen MR) is 283 cm³/mol. The number of anilines is 2. The van der Waals surface area contributed by atoms with Gasteiger partial charge in [-0.2, -0.15) is 0 Å². The van der Waals surface area contributed by atoms with Crippen molar-refractivity contribution < 1.29 is 28.4 Å². The molecular weight excluding hydrogens is 1010 g/mol. The maximum absolute atomic E-state index is 13.3. The third-order valence-electron chi connectivity index (χ3n) is 12.5. The van der Waals surface area contributed by atoms with Crippen molar-refractivity contribution in [1.82, 2.24) is 39.7 Å². The fraction of sp³-hybridized carbons (Fsp3) is 0.480. The van der Waals surface area contributed by atoms with Gasteiger partial charge in [0.05, 0.1) is 88.2 Å². The lowest BCUT2D eigenvalue weighted by Crippen LogP contribution is -2.41. The number of nitrogens with zero attached hydrogens (tertiary/aromatic N) is 4. The van der Waals surface area contributed by atoms with Crippen LogP contribution in [-0.2, 0) is 31.9 Å². The number of methoxy groups -OCH3 is 2. The second-order valence-electron chi connectivity index (χ2n) is 20.9. The highest BCUT2D eigenvalue weighted by Crippen LogP contribution is 2.37. The first-order valence-electron chi connectivity index (χ1n) is 23.4. The molecule has 70 heavy (non-hydrogen) atoms. The Kier molecular flexibility index (Phi) is 14.9. The SMILES string of the molecule is COCCn1c(NC(C)(C)C)nc2c(-c3cc4c([nH]3)[C@@H](C)NC4=O)cccc2c1=O.COCCn1c(NC(C)(C)C)nc2c(I)cccc2c1=O.C[C@H]1NC(=O)c2cc(B3OC(C)(C)C(C)(C)O3)[nH]c21. The summed E-state index contributed by atoms with van der Waals surface area (Å²) in [5, 5.41) is 13.6. The predicted octanol–water partition coefficient (Wildman–Crippen LogP) is 7.03. The third-order valence-corrected chi connectivity index (χ3v) is 13.4. The second-order valence-corrected chi connectivity index (χ2v) is 22.1. The monoisotopic (exact) mass is 1070 g/mol. The van der Waals surface area contributed by atoms with E-state index in [9.17, 15) is 19.2 Å². The zero-order chi connectivity index (χ0) is 51.2. The fourth-order valence-corrected chi connectivity index (χ4v) is 8.89. The molecule has 0 saturated carbocycles. The summed E-state index contributed by atoms with van der Waals surface area (Å²) in [6.45, 7) is 25.9. The van der Waals surface area contributed by atoms with Crippen LogP contribution in [0.5, 0.6) is 0 Å². The Morgan fingerprint density at radius 2 is 1.14 bits per heavy atom. The van der Waals surface area contributed by atoms with Gasteiger partial charge < -0.3 is 50.0 Å².